The number of nitrogens with zero attached hydrogens (tertiary/aromatic N) is 2. The van der Waals surface area contributed by atoms with Crippen LogP contribution in [0.5, 0.6) is 5.75 Å². The van der Waals surface area contributed by atoms with E-state index in [4.69, 9.17) is 9.47 Å². The molecule has 0 saturated carbocycles. The Kier molecular flexibility index (Phi) is 6.39. The number of methoxy groups -OCH3 is 1. The molecular formula is C18H22N4O5. The molecule has 9 heteroatoms. The van der Waals surface area contributed by atoms with Crippen LogP contribution in [0.1, 0.15) is 11.6 Å². The van der Waals surface area contributed by atoms with Gasteiger partial charge in [0.05, 0.1) is 26.4 Å². The normalized spacial score (nSPS) is 15.7. The van der Waals surface area contributed by atoms with Gasteiger partial charge in [-0.25, -0.2) is 0 Å². The number of rotatable bonds is 6. The standard InChI is InChI=1S/C18H22N4O5/c1-25-14-4-2-3-13(11-14)15(22-6-9-26-10-7-22)12-19-17(23)18(24)20-16-5-8-27-21-16/h2-5,8,11,15H,6-7,9-10,12H2,1H3,(H,19,23)(H,20,21,24)/t15-/m0/s1. The number of anilines is 1. The summed E-state index contributed by atoms with van der Waals surface area (Å²) in [5.41, 5.74) is 0.994. The molecule has 1 aliphatic rings. The van der Waals surface area contributed by atoms with Crippen LogP contribution >= 0.6 is 0 Å². The average Bonchev–Trinajstić information content (AvgIpc) is 3.22. The van der Waals surface area contributed by atoms with Crippen molar-refractivity contribution in [3.63, 3.8) is 0 Å². The molecule has 9 nitrogen and oxygen atoms in total. The predicted octanol–water partition coefficient (Wildman–Crippen LogP) is 0.811. The van der Waals surface area contributed by atoms with Crippen LogP contribution in [0, 0.1) is 0 Å². The molecule has 1 aliphatic heterocycles. The number of hydrogen-bond acceptors (Lipinski definition) is 7. The summed E-state index contributed by atoms with van der Waals surface area (Å²) in [4.78, 5) is 26.4. The number of hydrogen-bond donors (Lipinski definition) is 2. The molecule has 2 heterocycles. The third-order valence-electron chi connectivity index (χ3n) is 4.31. The van der Waals surface area contributed by atoms with Gasteiger partial charge in [0.1, 0.15) is 12.0 Å². The van der Waals surface area contributed by atoms with E-state index >= 15 is 0 Å². The molecule has 0 unspecified atom stereocenters. The number of morpholine rings is 1. The van der Waals surface area contributed by atoms with Crippen molar-refractivity contribution in [2.45, 2.75) is 6.04 Å². The van der Waals surface area contributed by atoms with Crippen LogP contribution in [0.3, 0.4) is 0 Å². The van der Waals surface area contributed by atoms with E-state index in [0.717, 1.165) is 24.4 Å². The lowest BCUT2D eigenvalue weighted by molar-refractivity contribution is -0.136. The highest BCUT2D eigenvalue weighted by molar-refractivity contribution is 6.39. The molecular weight excluding hydrogens is 352 g/mol. The lowest BCUT2D eigenvalue weighted by Crippen LogP contribution is -2.45. The molecule has 2 aromatic rings. The molecule has 1 aromatic heterocycles. The van der Waals surface area contributed by atoms with Crippen molar-refractivity contribution in [1.29, 1.82) is 0 Å². The monoisotopic (exact) mass is 374 g/mol. The van der Waals surface area contributed by atoms with Crippen molar-refractivity contribution < 1.29 is 23.6 Å². The van der Waals surface area contributed by atoms with Crippen LogP contribution < -0.4 is 15.4 Å². The third kappa shape index (κ3) is 5.05. The highest BCUT2D eigenvalue weighted by atomic mass is 16.5. The summed E-state index contributed by atoms with van der Waals surface area (Å²) in [6, 6.07) is 9.03. The second-order valence-electron chi connectivity index (χ2n) is 5.99. The Morgan fingerprint density at radius 2 is 2.07 bits per heavy atom. The molecule has 27 heavy (non-hydrogen) atoms. The van der Waals surface area contributed by atoms with Gasteiger partial charge in [0, 0.05) is 25.7 Å². The van der Waals surface area contributed by atoms with Crippen LogP contribution in [0.2, 0.25) is 0 Å². The van der Waals surface area contributed by atoms with Crippen LogP contribution in [-0.2, 0) is 14.3 Å². The Morgan fingerprint density at radius 1 is 1.26 bits per heavy atom. The van der Waals surface area contributed by atoms with Gasteiger partial charge in [0.25, 0.3) is 0 Å². The number of nitrogens with one attached hydrogen (secondary N) is 2. The molecule has 0 aliphatic carbocycles. The van der Waals surface area contributed by atoms with E-state index in [9.17, 15) is 9.59 Å². The number of carbonyl (C=O) groups is 2. The Hall–Kier alpha value is -2.91. The van der Waals surface area contributed by atoms with Crippen molar-refractivity contribution in [3.8, 4) is 5.75 Å². The van der Waals surface area contributed by atoms with Crippen LogP contribution in [-0.4, -0.2) is 61.8 Å². The minimum atomic E-state index is -0.796. The van der Waals surface area contributed by atoms with E-state index in [2.05, 4.69) is 25.2 Å². The molecule has 1 fully saturated rings. The molecule has 1 saturated heterocycles. The number of carbonyl (C=O) groups excluding carboxylic acids is 2. The van der Waals surface area contributed by atoms with Gasteiger partial charge < -0.3 is 19.3 Å². The van der Waals surface area contributed by atoms with Crippen molar-refractivity contribution >= 4 is 17.6 Å². The van der Waals surface area contributed by atoms with Gasteiger partial charge in [0.15, 0.2) is 5.82 Å². The predicted molar refractivity (Wildman–Crippen MR) is 96.3 cm³/mol. The molecule has 1 aromatic carbocycles. The zero-order valence-corrected chi connectivity index (χ0v) is 15.0. The lowest BCUT2D eigenvalue weighted by atomic mass is 10.0. The summed E-state index contributed by atoms with van der Waals surface area (Å²) < 4.78 is 15.3. The van der Waals surface area contributed by atoms with Crippen LogP contribution in [0.25, 0.3) is 0 Å². The smallest absolute Gasteiger partial charge is 0.314 e. The van der Waals surface area contributed by atoms with E-state index in [1.54, 1.807) is 7.11 Å². The molecule has 0 bridgehead atoms. The first kappa shape index (κ1) is 18.9. The first-order valence-electron chi connectivity index (χ1n) is 8.62. The van der Waals surface area contributed by atoms with E-state index in [-0.39, 0.29) is 18.4 Å². The van der Waals surface area contributed by atoms with E-state index in [1.807, 2.05) is 24.3 Å². The van der Waals surface area contributed by atoms with Gasteiger partial charge in [-0.3, -0.25) is 19.8 Å². The Balaban J connectivity index is 1.67. The average molecular weight is 374 g/mol. The van der Waals surface area contributed by atoms with Gasteiger partial charge in [-0.2, -0.15) is 0 Å². The number of ether oxygens (including phenoxy) is 2. The van der Waals surface area contributed by atoms with E-state index < -0.39 is 11.8 Å². The van der Waals surface area contributed by atoms with Crippen molar-refractivity contribution in [2.75, 3.05) is 45.3 Å². The number of benzene rings is 1. The van der Waals surface area contributed by atoms with Crippen molar-refractivity contribution in [3.05, 3.63) is 42.2 Å². The van der Waals surface area contributed by atoms with Gasteiger partial charge in [0.2, 0.25) is 0 Å². The first-order valence-corrected chi connectivity index (χ1v) is 8.62. The van der Waals surface area contributed by atoms with Crippen LogP contribution in [0.15, 0.2) is 41.1 Å². The fraction of sp³-hybridized carbons (Fsp3) is 0.389. The Morgan fingerprint density at radius 3 is 2.78 bits per heavy atom. The van der Waals surface area contributed by atoms with Crippen molar-refractivity contribution in [1.82, 2.24) is 15.4 Å². The van der Waals surface area contributed by atoms with Crippen molar-refractivity contribution in [2.24, 2.45) is 0 Å². The molecule has 2 amide bonds. The molecule has 0 spiro atoms. The van der Waals surface area contributed by atoms with Gasteiger partial charge in [-0.1, -0.05) is 17.3 Å². The minimum Gasteiger partial charge on any atom is -0.497 e. The quantitative estimate of drug-likeness (QED) is 0.721. The summed E-state index contributed by atoms with van der Waals surface area (Å²) in [5, 5.41) is 8.62. The number of amides is 2. The van der Waals surface area contributed by atoms with Gasteiger partial charge in [-0.05, 0) is 17.7 Å². The maximum absolute atomic E-state index is 12.2. The zero-order valence-electron chi connectivity index (χ0n) is 15.0. The summed E-state index contributed by atoms with van der Waals surface area (Å²) >= 11 is 0. The summed E-state index contributed by atoms with van der Waals surface area (Å²) in [6.07, 6.45) is 1.31. The highest BCUT2D eigenvalue weighted by Gasteiger charge is 2.25. The summed E-state index contributed by atoms with van der Waals surface area (Å²) in [7, 11) is 1.61. The second-order valence-corrected chi connectivity index (χ2v) is 5.99. The summed E-state index contributed by atoms with van der Waals surface area (Å²) in [5.74, 6) is -0.608. The highest BCUT2D eigenvalue weighted by Crippen LogP contribution is 2.24. The number of aromatic nitrogens is 1. The topological polar surface area (TPSA) is 106 Å². The van der Waals surface area contributed by atoms with Gasteiger partial charge in [-0.15, -0.1) is 0 Å². The third-order valence-corrected chi connectivity index (χ3v) is 4.31. The molecule has 3 rings (SSSR count). The maximum Gasteiger partial charge on any atom is 0.314 e. The van der Waals surface area contributed by atoms with Gasteiger partial charge >= 0.3 is 11.8 Å². The fourth-order valence-electron chi connectivity index (χ4n) is 2.92. The molecule has 1 atom stereocenters. The molecule has 144 valence electrons. The first-order chi connectivity index (χ1) is 13.2. The lowest BCUT2D eigenvalue weighted by Gasteiger charge is -2.35. The Labute approximate surface area is 156 Å². The second kappa shape index (κ2) is 9.15. The fourth-order valence-corrected chi connectivity index (χ4v) is 2.92. The van der Waals surface area contributed by atoms with E-state index in [1.165, 1.54) is 12.3 Å². The van der Waals surface area contributed by atoms with E-state index in [0.29, 0.717) is 13.2 Å². The molecule has 2 N–H and O–H groups in total. The zero-order chi connectivity index (χ0) is 19.1. The SMILES string of the molecule is COc1cccc([C@H](CNC(=O)C(=O)Nc2ccon2)N2CCOCC2)c1. The maximum atomic E-state index is 12.2. The largest absolute Gasteiger partial charge is 0.497 e. The van der Waals surface area contributed by atoms with Crippen LogP contribution in [0.4, 0.5) is 5.82 Å². The minimum absolute atomic E-state index is 0.104. The summed E-state index contributed by atoms with van der Waals surface area (Å²) in [6.45, 7) is 3.01. The molecule has 0 radical (unpaired) electrons. The Bertz CT molecular complexity index is 759.